The molecule has 1 N–H and O–H groups in total. The van der Waals surface area contributed by atoms with E-state index in [1.165, 1.54) is 9.75 Å². The number of hydrogen-bond donors (Lipinski definition) is 1. The maximum absolute atomic E-state index is 12.8. The largest absolute Gasteiger partial charge is 0.360 e. The maximum Gasteiger partial charge on any atom is 0.178 e. The lowest BCUT2D eigenvalue weighted by Crippen LogP contribution is -2.34. The van der Waals surface area contributed by atoms with Crippen LogP contribution in [0.2, 0.25) is 0 Å². The van der Waals surface area contributed by atoms with Gasteiger partial charge in [0.25, 0.3) is 0 Å². The number of ketones is 1. The van der Waals surface area contributed by atoms with Gasteiger partial charge in [0.2, 0.25) is 0 Å². The van der Waals surface area contributed by atoms with Gasteiger partial charge in [0, 0.05) is 45.0 Å². The molecule has 0 saturated heterocycles. The first-order chi connectivity index (χ1) is 11.0. The number of nitrogens with zero attached hydrogens (tertiary/aromatic N) is 1. The molecule has 0 amide bonds. The highest BCUT2D eigenvalue weighted by atomic mass is 32.1. The number of H-pyrrole nitrogens is 1. The fourth-order valence-electron chi connectivity index (χ4n) is 2.76. The van der Waals surface area contributed by atoms with Crippen molar-refractivity contribution in [1.82, 2.24) is 9.88 Å². The summed E-state index contributed by atoms with van der Waals surface area (Å²) in [5.41, 5.74) is 1.80. The van der Waals surface area contributed by atoms with Crippen LogP contribution in [0.5, 0.6) is 0 Å². The fraction of sp³-hybridized carbons (Fsp3) is 0.316. The SMILES string of the molecule is Cc1ccc(CN(CC(=O)c2c[nH]c3ccccc23)C(C)C)s1. The first-order valence-electron chi connectivity index (χ1n) is 7.93. The van der Waals surface area contributed by atoms with Crippen LogP contribution >= 0.6 is 11.3 Å². The van der Waals surface area contributed by atoms with Gasteiger partial charge in [-0.2, -0.15) is 0 Å². The molecule has 3 nitrogen and oxygen atoms in total. The number of carbonyl (C=O) groups excluding carboxylic acids is 1. The van der Waals surface area contributed by atoms with Crippen LogP contribution in [0.4, 0.5) is 0 Å². The van der Waals surface area contributed by atoms with E-state index in [9.17, 15) is 4.79 Å². The average Bonchev–Trinajstić information content (AvgIpc) is 3.12. The molecule has 23 heavy (non-hydrogen) atoms. The number of aryl methyl sites for hydroxylation is 1. The molecule has 2 heterocycles. The van der Waals surface area contributed by atoms with Gasteiger partial charge in [0.15, 0.2) is 5.78 Å². The summed E-state index contributed by atoms with van der Waals surface area (Å²) in [4.78, 5) is 20.8. The van der Waals surface area contributed by atoms with E-state index < -0.39 is 0 Å². The molecule has 0 bridgehead atoms. The molecule has 2 aromatic heterocycles. The predicted molar refractivity (Wildman–Crippen MR) is 97.2 cm³/mol. The topological polar surface area (TPSA) is 36.1 Å². The number of para-hydroxylation sites is 1. The number of thiophene rings is 1. The van der Waals surface area contributed by atoms with Crippen LogP contribution in [0.25, 0.3) is 10.9 Å². The molecule has 4 heteroatoms. The summed E-state index contributed by atoms with van der Waals surface area (Å²) in [6.07, 6.45) is 1.83. The Bertz CT molecular complexity index is 816. The molecular formula is C19H22N2OS. The van der Waals surface area contributed by atoms with Crippen molar-refractivity contribution in [3.8, 4) is 0 Å². The molecular weight excluding hydrogens is 304 g/mol. The highest BCUT2D eigenvalue weighted by molar-refractivity contribution is 7.11. The van der Waals surface area contributed by atoms with E-state index in [1.807, 2.05) is 30.5 Å². The quantitative estimate of drug-likeness (QED) is 0.670. The van der Waals surface area contributed by atoms with Crippen LogP contribution in [0.1, 0.15) is 34.0 Å². The van der Waals surface area contributed by atoms with E-state index in [2.05, 4.69) is 42.8 Å². The van der Waals surface area contributed by atoms with Crippen LogP contribution < -0.4 is 0 Å². The summed E-state index contributed by atoms with van der Waals surface area (Å²) < 4.78 is 0. The van der Waals surface area contributed by atoms with Gasteiger partial charge >= 0.3 is 0 Å². The minimum absolute atomic E-state index is 0.171. The van der Waals surface area contributed by atoms with Crippen molar-refractivity contribution in [2.75, 3.05) is 6.54 Å². The van der Waals surface area contributed by atoms with Gasteiger partial charge in [0.05, 0.1) is 6.54 Å². The van der Waals surface area contributed by atoms with Gasteiger partial charge in [-0.25, -0.2) is 0 Å². The van der Waals surface area contributed by atoms with E-state index in [4.69, 9.17) is 0 Å². The second kappa shape index (κ2) is 6.69. The minimum atomic E-state index is 0.171. The van der Waals surface area contributed by atoms with E-state index >= 15 is 0 Å². The van der Waals surface area contributed by atoms with E-state index in [0.717, 1.165) is 23.0 Å². The second-order valence-electron chi connectivity index (χ2n) is 6.18. The molecule has 3 rings (SSSR count). The normalized spacial score (nSPS) is 11.7. The third-order valence-corrected chi connectivity index (χ3v) is 5.11. The van der Waals surface area contributed by atoms with Crippen LogP contribution in [0.3, 0.4) is 0 Å². The Morgan fingerprint density at radius 1 is 1.22 bits per heavy atom. The number of nitrogens with one attached hydrogen (secondary N) is 1. The number of fused-ring (bicyclic) bond motifs is 1. The lowest BCUT2D eigenvalue weighted by molar-refractivity contribution is 0.0901. The summed E-state index contributed by atoms with van der Waals surface area (Å²) in [5.74, 6) is 0.171. The van der Waals surface area contributed by atoms with Crippen LogP contribution in [-0.4, -0.2) is 28.3 Å². The Kier molecular flexibility index (Phi) is 4.64. The maximum atomic E-state index is 12.8. The number of rotatable bonds is 6. The van der Waals surface area contributed by atoms with Crippen molar-refractivity contribution >= 4 is 28.0 Å². The van der Waals surface area contributed by atoms with Gasteiger partial charge < -0.3 is 4.98 Å². The minimum Gasteiger partial charge on any atom is -0.360 e. The van der Waals surface area contributed by atoms with Crippen LogP contribution in [-0.2, 0) is 6.54 Å². The fourth-order valence-corrected chi connectivity index (χ4v) is 3.68. The number of carbonyl (C=O) groups is 1. The number of benzene rings is 1. The molecule has 0 aliphatic carbocycles. The molecule has 120 valence electrons. The van der Waals surface area contributed by atoms with Gasteiger partial charge in [0.1, 0.15) is 0 Å². The number of hydrogen-bond acceptors (Lipinski definition) is 3. The molecule has 3 aromatic rings. The zero-order valence-electron chi connectivity index (χ0n) is 13.8. The molecule has 0 spiro atoms. The molecule has 1 aromatic carbocycles. The third-order valence-electron chi connectivity index (χ3n) is 4.12. The predicted octanol–water partition coefficient (Wildman–Crippen LogP) is 4.63. The zero-order chi connectivity index (χ0) is 16.4. The van der Waals surface area contributed by atoms with E-state index in [1.54, 1.807) is 11.3 Å². The Hall–Kier alpha value is -1.91. The third kappa shape index (κ3) is 3.54. The second-order valence-corrected chi connectivity index (χ2v) is 7.55. The standard InChI is InChI=1S/C19H22N2OS/c1-13(2)21(11-15-9-8-14(3)23-15)12-19(22)17-10-20-18-7-5-4-6-16(17)18/h4-10,13,20H,11-12H2,1-3H3. The number of Topliss-reactive ketones (excluding diaryl/α,β-unsaturated/α-hetero) is 1. The van der Waals surface area contributed by atoms with Crippen molar-refractivity contribution in [3.05, 3.63) is 57.9 Å². The van der Waals surface area contributed by atoms with Crippen molar-refractivity contribution in [1.29, 1.82) is 0 Å². The number of aromatic amines is 1. The van der Waals surface area contributed by atoms with Crippen molar-refractivity contribution in [2.24, 2.45) is 0 Å². The lowest BCUT2D eigenvalue weighted by atomic mass is 10.1. The van der Waals surface area contributed by atoms with E-state index in [0.29, 0.717) is 12.6 Å². The van der Waals surface area contributed by atoms with E-state index in [-0.39, 0.29) is 5.78 Å². The smallest absolute Gasteiger partial charge is 0.178 e. The van der Waals surface area contributed by atoms with Crippen molar-refractivity contribution in [3.63, 3.8) is 0 Å². The number of aromatic nitrogens is 1. The Morgan fingerprint density at radius 2 is 2.00 bits per heavy atom. The lowest BCUT2D eigenvalue weighted by Gasteiger charge is -2.25. The zero-order valence-corrected chi connectivity index (χ0v) is 14.6. The highest BCUT2D eigenvalue weighted by Crippen LogP contribution is 2.21. The van der Waals surface area contributed by atoms with Gasteiger partial charge in [-0.3, -0.25) is 9.69 Å². The van der Waals surface area contributed by atoms with Crippen molar-refractivity contribution < 1.29 is 4.79 Å². The summed E-state index contributed by atoms with van der Waals surface area (Å²) in [7, 11) is 0. The highest BCUT2D eigenvalue weighted by Gasteiger charge is 2.18. The molecule has 0 aliphatic heterocycles. The summed E-state index contributed by atoms with van der Waals surface area (Å²) >= 11 is 1.80. The van der Waals surface area contributed by atoms with Gasteiger partial charge in [-0.1, -0.05) is 18.2 Å². The first-order valence-corrected chi connectivity index (χ1v) is 8.75. The molecule has 0 unspecified atom stereocenters. The molecule has 0 saturated carbocycles. The first kappa shape index (κ1) is 16.0. The van der Waals surface area contributed by atoms with Crippen LogP contribution in [0, 0.1) is 6.92 Å². The van der Waals surface area contributed by atoms with Gasteiger partial charge in [-0.05, 0) is 39.0 Å². The molecule has 0 fully saturated rings. The average molecular weight is 326 g/mol. The molecule has 0 radical (unpaired) electrons. The van der Waals surface area contributed by atoms with Gasteiger partial charge in [-0.15, -0.1) is 11.3 Å². The molecule has 0 aliphatic rings. The Balaban J connectivity index is 1.78. The monoisotopic (exact) mass is 326 g/mol. The Labute approximate surface area is 140 Å². The van der Waals surface area contributed by atoms with Crippen molar-refractivity contribution in [2.45, 2.75) is 33.4 Å². The summed E-state index contributed by atoms with van der Waals surface area (Å²) in [6, 6.07) is 12.6. The summed E-state index contributed by atoms with van der Waals surface area (Å²) in [5, 5.41) is 1.01. The Morgan fingerprint density at radius 3 is 2.70 bits per heavy atom. The van der Waals surface area contributed by atoms with Crippen LogP contribution in [0.15, 0.2) is 42.6 Å². The summed E-state index contributed by atoms with van der Waals surface area (Å²) in [6.45, 7) is 7.66. The molecule has 0 atom stereocenters.